The number of benzene rings is 1. The zero-order valence-electron chi connectivity index (χ0n) is 10.0. The fraction of sp³-hybridized carbons (Fsp3) is 0.417. The molecule has 1 aromatic rings. The predicted molar refractivity (Wildman–Crippen MR) is 72.0 cm³/mol. The van der Waals surface area contributed by atoms with Gasteiger partial charge in [0.2, 0.25) is 0 Å². The second kappa shape index (κ2) is 7.03. The Labute approximate surface area is 121 Å². The third kappa shape index (κ3) is 4.03. The van der Waals surface area contributed by atoms with Crippen LogP contribution in [0.5, 0.6) is 0 Å². The van der Waals surface area contributed by atoms with Crippen LogP contribution >= 0.6 is 24.0 Å². The first-order chi connectivity index (χ1) is 8.58. The zero-order chi connectivity index (χ0) is 13.1. The van der Waals surface area contributed by atoms with Gasteiger partial charge >= 0.3 is 0 Å². The Hall–Kier alpha value is -0.910. The molecule has 1 aliphatic heterocycles. The minimum absolute atomic E-state index is 0. The summed E-state index contributed by atoms with van der Waals surface area (Å²) in [4.78, 5) is 11.8. The molecule has 1 atom stereocenters. The summed E-state index contributed by atoms with van der Waals surface area (Å²) in [7, 11) is 0. The fourth-order valence-electron chi connectivity index (χ4n) is 1.94. The van der Waals surface area contributed by atoms with E-state index in [1.165, 1.54) is 0 Å². The van der Waals surface area contributed by atoms with Gasteiger partial charge in [0, 0.05) is 12.6 Å². The number of carbonyl (C=O) groups is 1. The van der Waals surface area contributed by atoms with Crippen LogP contribution < -0.4 is 10.6 Å². The van der Waals surface area contributed by atoms with Crippen molar-refractivity contribution >= 4 is 29.9 Å². The van der Waals surface area contributed by atoms with Gasteiger partial charge in [0.15, 0.2) is 11.6 Å². The van der Waals surface area contributed by atoms with Crippen molar-refractivity contribution < 1.29 is 13.6 Å². The molecular weight excluding hydrogens is 297 g/mol. The van der Waals surface area contributed by atoms with Gasteiger partial charge < -0.3 is 10.6 Å². The van der Waals surface area contributed by atoms with Crippen molar-refractivity contribution in [2.45, 2.75) is 18.9 Å². The van der Waals surface area contributed by atoms with Gasteiger partial charge in [-0.05, 0) is 31.5 Å². The van der Waals surface area contributed by atoms with E-state index in [2.05, 4.69) is 10.6 Å². The number of hydrogen-bond donors (Lipinski definition) is 2. The lowest BCUT2D eigenvalue weighted by molar-refractivity contribution is 0.0950. The molecule has 1 fully saturated rings. The molecule has 1 amide bonds. The summed E-state index contributed by atoms with van der Waals surface area (Å²) in [5.74, 6) is -2.63. The van der Waals surface area contributed by atoms with E-state index in [9.17, 15) is 13.6 Å². The van der Waals surface area contributed by atoms with Gasteiger partial charge in [0.1, 0.15) is 0 Å². The first-order valence-electron chi connectivity index (χ1n) is 5.74. The van der Waals surface area contributed by atoms with Gasteiger partial charge in [-0.2, -0.15) is 0 Å². The molecular formula is C12H14Cl2F2N2O. The Morgan fingerprint density at radius 3 is 2.74 bits per heavy atom. The molecule has 0 aliphatic carbocycles. The highest BCUT2D eigenvalue weighted by Gasteiger charge is 2.18. The molecule has 0 saturated carbocycles. The SMILES string of the molecule is Cl.O=C(NCC1CCCN1)c1cc(F)c(F)cc1Cl. The Kier molecular flexibility index (Phi) is 5.97. The standard InChI is InChI=1S/C12H13ClF2N2O.ClH/c13-9-5-11(15)10(14)4-8(9)12(18)17-6-7-2-1-3-16-7;/h4-5,7,16H,1-3,6H2,(H,17,18);1H. The number of halogens is 4. The number of nitrogens with one attached hydrogen (secondary N) is 2. The number of amides is 1. The van der Waals surface area contributed by atoms with E-state index in [0.717, 1.165) is 31.5 Å². The molecule has 0 aromatic heterocycles. The summed E-state index contributed by atoms with van der Waals surface area (Å²) < 4.78 is 25.9. The van der Waals surface area contributed by atoms with E-state index in [1.54, 1.807) is 0 Å². The first-order valence-corrected chi connectivity index (χ1v) is 6.12. The maximum Gasteiger partial charge on any atom is 0.252 e. The average Bonchev–Trinajstić information content (AvgIpc) is 2.84. The molecule has 0 spiro atoms. The van der Waals surface area contributed by atoms with Crippen molar-refractivity contribution in [3.63, 3.8) is 0 Å². The quantitative estimate of drug-likeness (QED) is 0.842. The van der Waals surface area contributed by atoms with E-state index in [-0.39, 0.29) is 29.0 Å². The van der Waals surface area contributed by atoms with Crippen LogP contribution in [0.15, 0.2) is 12.1 Å². The molecule has 7 heteroatoms. The molecule has 0 radical (unpaired) electrons. The highest BCUT2D eigenvalue weighted by atomic mass is 35.5. The lowest BCUT2D eigenvalue weighted by Crippen LogP contribution is -2.37. The molecule has 1 unspecified atom stereocenters. The van der Waals surface area contributed by atoms with Gasteiger partial charge in [-0.1, -0.05) is 11.6 Å². The smallest absolute Gasteiger partial charge is 0.252 e. The fourth-order valence-corrected chi connectivity index (χ4v) is 2.17. The molecule has 2 N–H and O–H groups in total. The first kappa shape index (κ1) is 16.1. The van der Waals surface area contributed by atoms with Crippen LogP contribution in [-0.2, 0) is 0 Å². The zero-order valence-corrected chi connectivity index (χ0v) is 11.6. The van der Waals surface area contributed by atoms with E-state index in [0.29, 0.717) is 6.54 Å². The minimum atomic E-state index is -1.08. The molecule has 2 rings (SSSR count). The maximum absolute atomic E-state index is 13.0. The maximum atomic E-state index is 13.0. The van der Waals surface area contributed by atoms with Crippen LogP contribution in [0.25, 0.3) is 0 Å². The summed E-state index contributed by atoms with van der Waals surface area (Å²) in [5.41, 5.74) is -0.0476. The van der Waals surface area contributed by atoms with E-state index >= 15 is 0 Å². The molecule has 1 aliphatic rings. The largest absolute Gasteiger partial charge is 0.350 e. The van der Waals surface area contributed by atoms with E-state index < -0.39 is 17.5 Å². The summed E-state index contributed by atoms with van der Waals surface area (Å²) in [5, 5.41) is 5.78. The molecule has 1 saturated heterocycles. The van der Waals surface area contributed by atoms with E-state index in [4.69, 9.17) is 11.6 Å². The van der Waals surface area contributed by atoms with Crippen LogP contribution in [0, 0.1) is 11.6 Å². The third-order valence-corrected chi connectivity index (χ3v) is 3.24. The van der Waals surface area contributed by atoms with Crippen LogP contribution in [0.1, 0.15) is 23.2 Å². The van der Waals surface area contributed by atoms with Crippen LogP contribution in [0.3, 0.4) is 0 Å². The summed E-state index contributed by atoms with van der Waals surface area (Å²) >= 11 is 5.71. The van der Waals surface area contributed by atoms with Crippen molar-refractivity contribution in [1.29, 1.82) is 0 Å². The van der Waals surface area contributed by atoms with Gasteiger partial charge in [-0.15, -0.1) is 12.4 Å². The topological polar surface area (TPSA) is 41.1 Å². The Morgan fingerprint density at radius 2 is 2.11 bits per heavy atom. The molecule has 3 nitrogen and oxygen atoms in total. The van der Waals surface area contributed by atoms with Crippen LogP contribution in [0.4, 0.5) is 8.78 Å². The second-order valence-corrected chi connectivity index (χ2v) is 4.66. The molecule has 1 aromatic carbocycles. The predicted octanol–water partition coefficient (Wildman–Crippen LogP) is 2.52. The lowest BCUT2D eigenvalue weighted by atomic mass is 10.2. The van der Waals surface area contributed by atoms with Crippen molar-refractivity contribution in [2.24, 2.45) is 0 Å². The summed E-state index contributed by atoms with van der Waals surface area (Å²) in [6, 6.07) is 1.85. The van der Waals surface area contributed by atoms with Crippen molar-refractivity contribution in [2.75, 3.05) is 13.1 Å². The number of carbonyl (C=O) groups excluding carboxylic acids is 1. The van der Waals surface area contributed by atoms with Crippen molar-refractivity contribution in [3.8, 4) is 0 Å². The number of rotatable bonds is 3. The monoisotopic (exact) mass is 310 g/mol. The third-order valence-electron chi connectivity index (χ3n) is 2.93. The van der Waals surface area contributed by atoms with E-state index in [1.807, 2.05) is 0 Å². The van der Waals surface area contributed by atoms with Gasteiger partial charge in [-0.3, -0.25) is 4.79 Å². The summed E-state index contributed by atoms with van der Waals surface area (Å²) in [6.07, 6.45) is 2.07. The molecule has 106 valence electrons. The highest BCUT2D eigenvalue weighted by molar-refractivity contribution is 6.33. The minimum Gasteiger partial charge on any atom is -0.350 e. The van der Waals surface area contributed by atoms with Crippen molar-refractivity contribution in [3.05, 3.63) is 34.4 Å². The van der Waals surface area contributed by atoms with Gasteiger partial charge in [0.25, 0.3) is 5.91 Å². The van der Waals surface area contributed by atoms with Gasteiger partial charge in [-0.25, -0.2) is 8.78 Å². The Bertz CT molecular complexity index is 465. The van der Waals surface area contributed by atoms with Crippen molar-refractivity contribution in [1.82, 2.24) is 10.6 Å². The Morgan fingerprint density at radius 1 is 1.42 bits per heavy atom. The average molecular weight is 311 g/mol. The highest BCUT2D eigenvalue weighted by Crippen LogP contribution is 2.20. The van der Waals surface area contributed by atoms with Gasteiger partial charge in [0.05, 0.1) is 10.6 Å². The second-order valence-electron chi connectivity index (χ2n) is 4.25. The lowest BCUT2D eigenvalue weighted by Gasteiger charge is -2.12. The Balaban J connectivity index is 0.00000180. The molecule has 1 heterocycles. The molecule has 19 heavy (non-hydrogen) atoms. The molecule has 0 bridgehead atoms. The normalized spacial score (nSPS) is 17.9. The van der Waals surface area contributed by atoms with Crippen LogP contribution in [-0.4, -0.2) is 25.0 Å². The van der Waals surface area contributed by atoms with Crippen LogP contribution in [0.2, 0.25) is 5.02 Å². The number of hydrogen-bond acceptors (Lipinski definition) is 2. The summed E-state index contributed by atoms with van der Waals surface area (Å²) in [6.45, 7) is 1.39.